The summed E-state index contributed by atoms with van der Waals surface area (Å²) < 4.78 is 18.7. The maximum absolute atomic E-state index is 12.4. The molecule has 0 fully saturated rings. The van der Waals surface area contributed by atoms with E-state index in [0.29, 0.717) is 6.61 Å². The average molecular weight is 260 g/mol. The highest BCUT2D eigenvalue weighted by atomic mass is 79.9. The molecule has 1 radical (unpaired) electrons. The van der Waals surface area contributed by atoms with Crippen molar-refractivity contribution in [3.8, 4) is 5.75 Å². The monoisotopic (exact) mass is 259 g/mol. The summed E-state index contributed by atoms with van der Waals surface area (Å²) in [6.07, 6.45) is 0. The third-order valence-electron chi connectivity index (χ3n) is 1.92. The van der Waals surface area contributed by atoms with Gasteiger partial charge in [-0.3, -0.25) is 4.39 Å². The van der Waals surface area contributed by atoms with E-state index in [9.17, 15) is 4.39 Å². The Bertz CT molecular complexity index is 301. The van der Waals surface area contributed by atoms with E-state index in [0.717, 1.165) is 21.7 Å². The standard InChI is InChI=1S/C11H13BrFO/c1-3-14-11-6-9(8(2)7-13)4-5-10(11)12/h4-6H,3,7H2,1-2H3. The van der Waals surface area contributed by atoms with Crippen LogP contribution in [0, 0.1) is 5.92 Å². The Balaban J connectivity index is 2.93. The van der Waals surface area contributed by atoms with E-state index in [1.807, 2.05) is 25.1 Å². The Hall–Kier alpha value is -0.570. The Morgan fingerprint density at radius 2 is 2.21 bits per heavy atom. The van der Waals surface area contributed by atoms with Crippen molar-refractivity contribution < 1.29 is 9.13 Å². The molecular formula is C11H13BrFO. The van der Waals surface area contributed by atoms with Crippen molar-refractivity contribution in [1.82, 2.24) is 0 Å². The van der Waals surface area contributed by atoms with E-state index in [2.05, 4.69) is 15.9 Å². The first kappa shape index (κ1) is 11.5. The van der Waals surface area contributed by atoms with Crippen LogP contribution in [0.15, 0.2) is 22.7 Å². The lowest BCUT2D eigenvalue weighted by Gasteiger charge is -2.10. The molecule has 0 N–H and O–H groups in total. The maximum Gasteiger partial charge on any atom is 0.133 e. The van der Waals surface area contributed by atoms with E-state index < -0.39 is 6.67 Å². The van der Waals surface area contributed by atoms with E-state index in [1.54, 1.807) is 6.92 Å². The zero-order valence-corrected chi connectivity index (χ0v) is 9.90. The summed E-state index contributed by atoms with van der Waals surface area (Å²) in [5, 5.41) is 0. The lowest BCUT2D eigenvalue weighted by molar-refractivity contribution is 0.338. The number of ether oxygens (including phenoxy) is 1. The van der Waals surface area contributed by atoms with Crippen molar-refractivity contribution in [3.05, 3.63) is 34.2 Å². The van der Waals surface area contributed by atoms with Gasteiger partial charge < -0.3 is 4.74 Å². The van der Waals surface area contributed by atoms with E-state index in [-0.39, 0.29) is 0 Å². The molecule has 3 heteroatoms. The molecule has 0 atom stereocenters. The fourth-order valence-electron chi connectivity index (χ4n) is 1.11. The van der Waals surface area contributed by atoms with Crippen LogP contribution in [-0.4, -0.2) is 13.3 Å². The quantitative estimate of drug-likeness (QED) is 0.800. The first-order chi connectivity index (χ1) is 6.69. The van der Waals surface area contributed by atoms with Crippen molar-refractivity contribution in [2.75, 3.05) is 13.3 Å². The van der Waals surface area contributed by atoms with Gasteiger partial charge in [0.05, 0.1) is 17.8 Å². The largest absolute Gasteiger partial charge is 0.493 e. The van der Waals surface area contributed by atoms with Gasteiger partial charge in [0, 0.05) is 5.92 Å². The van der Waals surface area contributed by atoms with Gasteiger partial charge in [-0.2, -0.15) is 0 Å². The van der Waals surface area contributed by atoms with Crippen LogP contribution in [0.4, 0.5) is 4.39 Å². The maximum atomic E-state index is 12.4. The smallest absolute Gasteiger partial charge is 0.133 e. The molecular weight excluding hydrogens is 247 g/mol. The minimum absolute atomic E-state index is 0.423. The van der Waals surface area contributed by atoms with E-state index >= 15 is 0 Å². The fourth-order valence-corrected chi connectivity index (χ4v) is 1.47. The Morgan fingerprint density at radius 3 is 2.79 bits per heavy atom. The normalized spacial score (nSPS) is 10.6. The number of alkyl halides is 1. The van der Waals surface area contributed by atoms with Gasteiger partial charge in [0.1, 0.15) is 5.75 Å². The summed E-state index contributed by atoms with van der Waals surface area (Å²) in [5.74, 6) is 1.48. The van der Waals surface area contributed by atoms with Gasteiger partial charge >= 0.3 is 0 Å². The highest BCUT2D eigenvalue weighted by molar-refractivity contribution is 9.10. The SMILES string of the molecule is CCOc1cc([C](C)CF)ccc1Br. The molecule has 0 heterocycles. The van der Waals surface area contributed by atoms with Gasteiger partial charge in [-0.1, -0.05) is 13.0 Å². The molecule has 0 amide bonds. The molecule has 1 rings (SSSR count). The summed E-state index contributed by atoms with van der Waals surface area (Å²) in [6.45, 7) is 3.88. The first-order valence-electron chi connectivity index (χ1n) is 4.50. The fraction of sp³-hybridized carbons (Fsp3) is 0.364. The average Bonchev–Trinajstić information content (AvgIpc) is 2.20. The molecule has 1 nitrogen and oxygen atoms in total. The van der Waals surface area contributed by atoms with Crippen LogP contribution in [0.3, 0.4) is 0 Å². The summed E-state index contributed by atoms with van der Waals surface area (Å²) in [5.41, 5.74) is 0.888. The molecule has 1 aromatic rings. The van der Waals surface area contributed by atoms with Crippen molar-refractivity contribution >= 4 is 15.9 Å². The number of hydrogen-bond donors (Lipinski definition) is 0. The molecule has 0 aliphatic heterocycles. The summed E-state index contributed by atoms with van der Waals surface area (Å²) >= 11 is 3.37. The molecule has 0 saturated heterocycles. The van der Waals surface area contributed by atoms with Crippen LogP contribution in [0.1, 0.15) is 19.4 Å². The van der Waals surface area contributed by atoms with Gasteiger partial charge in [0.2, 0.25) is 0 Å². The van der Waals surface area contributed by atoms with Crippen LogP contribution < -0.4 is 4.74 Å². The van der Waals surface area contributed by atoms with Crippen molar-refractivity contribution in [2.45, 2.75) is 13.8 Å². The van der Waals surface area contributed by atoms with E-state index in [4.69, 9.17) is 4.74 Å². The highest BCUT2D eigenvalue weighted by Crippen LogP contribution is 2.28. The number of hydrogen-bond acceptors (Lipinski definition) is 1. The summed E-state index contributed by atoms with van der Waals surface area (Å²) in [6, 6.07) is 5.60. The predicted molar refractivity (Wildman–Crippen MR) is 59.3 cm³/mol. The number of rotatable bonds is 4. The second kappa shape index (κ2) is 5.35. The highest BCUT2D eigenvalue weighted by Gasteiger charge is 2.08. The van der Waals surface area contributed by atoms with Crippen LogP contribution in [-0.2, 0) is 0 Å². The predicted octanol–water partition coefficient (Wildman–Crippen LogP) is 3.76. The second-order valence-corrected chi connectivity index (χ2v) is 3.85. The molecule has 0 saturated carbocycles. The Labute approximate surface area is 92.4 Å². The zero-order valence-electron chi connectivity index (χ0n) is 8.31. The molecule has 0 aliphatic rings. The molecule has 77 valence electrons. The number of benzene rings is 1. The molecule has 0 spiro atoms. The van der Waals surface area contributed by atoms with Crippen molar-refractivity contribution in [2.24, 2.45) is 0 Å². The summed E-state index contributed by atoms with van der Waals surface area (Å²) in [4.78, 5) is 0. The van der Waals surface area contributed by atoms with Crippen molar-refractivity contribution in [3.63, 3.8) is 0 Å². The van der Waals surface area contributed by atoms with Crippen LogP contribution in [0.25, 0.3) is 0 Å². The van der Waals surface area contributed by atoms with E-state index in [1.165, 1.54) is 0 Å². The van der Waals surface area contributed by atoms with Gasteiger partial charge in [-0.25, -0.2) is 0 Å². The third-order valence-corrected chi connectivity index (χ3v) is 2.58. The zero-order chi connectivity index (χ0) is 10.6. The van der Waals surface area contributed by atoms with Crippen LogP contribution in [0.5, 0.6) is 5.75 Å². The lowest BCUT2D eigenvalue weighted by atomic mass is 10.0. The summed E-state index contributed by atoms with van der Waals surface area (Å²) in [7, 11) is 0. The minimum atomic E-state index is -0.423. The molecule has 14 heavy (non-hydrogen) atoms. The minimum Gasteiger partial charge on any atom is -0.493 e. The molecule has 0 aliphatic carbocycles. The van der Waals surface area contributed by atoms with Gasteiger partial charge in [-0.15, -0.1) is 0 Å². The molecule has 0 unspecified atom stereocenters. The second-order valence-electron chi connectivity index (χ2n) is 2.99. The van der Waals surface area contributed by atoms with Crippen molar-refractivity contribution in [1.29, 1.82) is 0 Å². The van der Waals surface area contributed by atoms with Crippen LogP contribution >= 0.6 is 15.9 Å². The topological polar surface area (TPSA) is 9.23 Å². The van der Waals surface area contributed by atoms with Gasteiger partial charge in [0.25, 0.3) is 0 Å². The Kier molecular flexibility index (Phi) is 4.39. The van der Waals surface area contributed by atoms with Gasteiger partial charge in [-0.05, 0) is 40.5 Å². The number of halogens is 2. The molecule has 0 aromatic heterocycles. The third kappa shape index (κ3) is 2.71. The molecule has 1 aromatic carbocycles. The Morgan fingerprint density at radius 1 is 1.50 bits per heavy atom. The van der Waals surface area contributed by atoms with Crippen LogP contribution in [0.2, 0.25) is 0 Å². The van der Waals surface area contributed by atoms with Gasteiger partial charge in [0.15, 0.2) is 0 Å². The first-order valence-corrected chi connectivity index (χ1v) is 5.29. The molecule has 0 bridgehead atoms. The lowest BCUT2D eigenvalue weighted by Crippen LogP contribution is -1.99.